The van der Waals surface area contributed by atoms with Gasteiger partial charge in [-0.1, -0.05) is 72.3 Å². The maximum absolute atomic E-state index is 13.5. The van der Waals surface area contributed by atoms with E-state index < -0.39 is 0 Å². The summed E-state index contributed by atoms with van der Waals surface area (Å²) < 4.78 is 10.9. The number of hydrogen-bond donors (Lipinski definition) is 0. The van der Waals surface area contributed by atoms with E-state index in [2.05, 4.69) is 31.2 Å². The lowest BCUT2D eigenvalue weighted by Crippen LogP contribution is -2.05. The standard InChI is InChI=1S/C30H27NO3/c1-20-12-14-22(15-13-20)16-18-25-24-9-5-6-10-26(24)31-21(2)29(25)27(32)19-17-23-8-7-11-28(33-3)30(23)34-4/h5-19H,1-4H3/b18-16+,19-17+. The average Bonchev–Trinajstić information content (AvgIpc) is 2.86. The molecule has 1 heterocycles. The summed E-state index contributed by atoms with van der Waals surface area (Å²) in [6.07, 6.45) is 7.37. The van der Waals surface area contributed by atoms with Crippen molar-refractivity contribution < 1.29 is 14.3 Å². The van der Waals surface area contributed by atoms with Crippen LogP contribution in [0.3, 0.4) is 0 Å². The monoisotopic (exact) mass is 449 g/mol. The fourth-order valence-electron chi connectivity index (χ4n) is 4.00. The number of pyridine rings is 1. The van der Waals surface area contributed by atoms with E-state index in [1.807, 2.05) is 61.5 Å². The minimum Gasteiger partial charge on any atom is -0.493 e. The molecule has 0 aliphatic rings. The third-order valence-electron chi connectivity index (χ3n) is 5.73. The first-order chi connectivity index (χ1) is 16.5. The fourth-order valence-corrected chi connectivity index (χ4v) is 4.00. The summed E-state index contributed by atoms with van der Waals surface area (Å²) in [6, 6.07) is 21.8. The van der Waals surface area contributed by atoms with Crippen LogP contribution in [0.2, 0.25) is 0 Å². The van der Waals surface area contributed by atoms with Crippen molar-refractivity contribution in [3.8, 4) is 11.5 Å². The number of carbonyl (C=O) groups excluding carboxylic acids is 1. The van der Waals surface area contributed by atoms with Gasteiger partial charge in [0, 0.05) is 16.6 Å². The van der Waals surface area contributed by atoms with Gasteiger partial charge in [-0.15, -0.1) is 0 Å². The Morgan fingerprint density at radius 2 is 1.59 bits per heavy atom. The molecule has 0 bridgehead atoms. The van der Waals surface area contributed by atoms with Crippen molar-refractivity contribution in [3.05, 3.63) is 106 Å². The highest BCUT2D eigenvalue weighted by Crippen LogP contribution is 2.32. The summed E-state index contributed by atoms with van der Waals surface area (Å²) in [6.45, 7) is 3.94. The summed E-state index contributed by atoms with van der Waals surface area (Å²) in [5.41, 5.74) is 6.03. The van der Waals surface area contributed by atoms with Gasteiger partial charge in [0.25, 0.3) is 0 Å². The molecule has 0 amide bonds. The molecule has 4 nitrogen and oxygen atoms in total. The molecule has 0 saturated heterocycles. The second-order valence-corrected chi connectivity index (χ2v) is 8.03. The molecule has 4 heteroatoms. The maximum Gasteiger partial charge on any atom is 0.188 e. The van der Waals surface area contributed by atoms with Crippen molar-refractivity contribution in [3.63, 3.8) is 0 Å². The smallest absolute Gasteiger partial charge is 0.188 e. The number of aromatic nitrogens is 1. The lowest BCUT2D eigenvalue weighted by molar-refractivity contribution is 0.104. The van der Waals surface area contributed by atoms with E-state index in [4.69, 9.17) is 14.5 Å². The lowest BCUT2D eigenvalue weighted by atomic mass is 9.96. The van der Waals surface area contributed by atoms with E-state index >= 15 is 0 Å². The topological polar surface area (TPSA) is 48.4 Å². The molecule has 0 saturated carbocycles. The molecule has 0 radical (unpaired) electrons. The van der Waals surface area contributed by atoms with Gasteiger partial charge in [-0.25, -0.2) is 0 Å². The molecule has 170 valence electrons. The van der Waals surface area contributed by atoms with Gasteiger partial charge in [0.05, 0.1) is 25.3 Å². The minimum atomic E-state index is -0.121. The Bertz CT molecular complexity index is 1400. The van der Waals surface area contributed by atoms with Crippen LogP contribution in [-0.4, -0.2) is 25.0 Å². The zero-order valence-corrected chi connectivity index (χ0v) is 19.8. The Hall–Kier alpha value is -4.18. The van der Waals surface area contributed by atoms with E-state index in [9.17, 15) is 4.79 Å². The van der Waals surface area contributed by atoms with E-state index in [-0.39, 0.29) is 5.78 Å². The van der Waals surface area contributed by atoms with Crippen LogP contribution in [0.5, 0.6) is 11.5 Å². The van der Waals surface area contributed by atoms with Gasteiger partial charge in [-0.3, -0.25) is 9.78 Å². The number of fused-ring (bicyclic) bond motifs is 1. The number of ketones is 1. The molecule has 0 unspecified atom stereocenters. The predicted octanol–water partition coefficient (Wildman–Crippen LogP) is 6.94. The summed E-state index contributed by atoms with van der Waals surface area (Å²) in [5, 5.41) is 0.937. The van der Waals surface area contributed by atoms with Gasteiger partial charge in [0.2, 0.25) is 0 Å². The van der Waals surface area contributed by atoms with Crippen LogP contribution in [0.4, 0.5) is 0 Å². The number of ether oxygens (including phenoxy) is 2. The normalized spacial score (nSPS) is 11.4. The Labute approximate surface area is 200 Å². The fraction of sp³-hybridized carbons (Fsp3) is 0.133. The van der Waals surface area contributed by atoms with Gasteiger partial charge in [0.1, 0.15) is 0 Å². The third kappa shape index (κ3) is 4.76. The first-order valence-corrected chi connectivity index (χ1v) is 11.1. The maximum atomic E-state index is 13.5. The first kappa shape index (κ1) is 23.0. The Morgan fingerprint density at radius 3 is 2.32 bits per heavy atom. The molecule has 0 atom stereocenters. The molecule has 4 rings (SSSR count). The second kappa shape index (κ2) is 10.2. The largest absolute Gasteiger partial charge is 0.493 e. The number of rotatable bonds is 7. The number of aryl methyl sites for hydroxylation is 2. The molecule has 0 N–H and O–H groups in total. The second-order valence-electron chi connectivity index (χ2n) is 8.03. The number of nitrogens with zero attached hydrogens (tertiary/aromatic N) is 1. The Kier molecular flexibility index (Phi) is 6.88. The predicted molar refractivity (Wildman–Crippen MR) is 139 cm³/mol. The van der Waals surface area contributed by atoms with Crippen LogP contribution in [-0.2, 0) is 0 Å². The van der Waals surface area contributed by atoms with Crippen molar-refractivity contribution in [1.29, 1.82) is 0 Å². The van der Waals surface area contributed by atoms with E-state index in [0.29, 0.717) is 22.8 Å². The van der Waals surface area contributed by atoms with E-state index in [0.717, 1.165) is 27.6 Å². The molecule has 3 aromatic carbocycles. The van der Waals surface area contributed by atoms with Gasteiger partial charge < -0.3 is 9.47 Å². The first-order valence-electron chi connectivity index (χ1n) is 11.1. The van der Waals surface area contributed by atoms with Crippen LogP contribution >= 0.6 is 0 Å². The number of carbonyl (C=O) groups is 1. The van der Waals surface area contributed by atoms with Crippen LogP contribution in [0, 0.1) is 13.8 Å². The van der Waals surface area contributed by atoms with Crippen molar-refractivity contribution in [2.24, 2.45) is 0 Å². The summed E-state index contributed by atoms with van der Waals surface area (Å²) in [7, 11) is 3.18. The minimum absolute atomic E-state index is 0.121. The summed E-state index contributed by atoms with van der Waals surface area (Å²) in [5.74, 6) is 1.08. The molecule has 1 aromatic heterocycles. The number of hydrogen-bond acceptors (Lipinski definition) is 4. The number of para-hydroxylation sites is 2. The molecule has 34 heavy (non-hydrogen) atoms. The van der Waals surface area contributed by atoms with Crippen LogP contribution in [0.25, 0.3) is 29.1 Å². The molecule has 0 spiro atoms. The van der Waals surface area contributed by atoms with Gasteiger partial charge in [0.15, 0.2) is 17.3 Å². The highest BCUT2D eigenvalue weighted by atomic mass is 16.5. The number of methoxy groups -OCH3 is 2. The molecular formula is C30H27NO3. The molecule has 0 aliphatic heterocycles. The Balaban J connectivity index is 1.80. The van der Waals surface area contributed by atoms with Gasteiger partial charge in [-0.2, -0.15) is 0 Å². The lowest BCUT2D eigenvalue weighted by Gasteiger charge is -2.12. The molecule has 4 aromatic rings. The number of benzene rings is 3. The number of allylic oxidation sites excluding steroid dienone is 1. The quantitative estimate of drug-likeness (QED) is 0.227. The van der Waals surface area contributed by atoms with Crippen molar-refractivity contribution >= 4 is 34.9 Å². The molecule has 0 aliphatic carbocycles. The van der Waals surface area contributed by atoms with Crippen LogP contribution in [0.15, 0.2) is 72.8 Å². The van der Waals surface area contributed by atoms with Crippen molar-refractivity contribution in [2.45, 2.75) is 13.8 Å². The van der Waals surface area contributed by atoms with E-state index in [1.54, 1.807) is 26.4 Å². The molecular weight excluding hydrogens is 422 g/mol. The Morgan fingerprint density at radius 1 is 0.824 bits per heavy atom. The zero-order chi connectivity index (χ0) is 24.1. The average molecular weight is 450 g/mol. The summed E-state index contributed by atoms with van der Waals surface area (Å²) in [4.78, 5) is 18.2. The zero-order valence-electron chi connectivity index (χ0n) is 19.8. The van der Waals surface area contributed by atoms with Crippen LogP contribution < -0.4 is 9.47 Å². The molecule has 0 fully saturated rings. The van der Waals surface area contributed by atoms with Crippen LogP contribution in [0.1, 0.15) is 38.3 Å². The summed E-state index contributed by atoms with van der Waals surface area (Å²) >= 11 is 0. The van der Waals surface area contributed by atoms with Gasteiger partial charge >= 0.3 is 0 Å². The highest BCUT2D eigenvalue weighted by Gasteiger charge is 2.16. The highest BCUT2D eigenvalue weighted by molar-refractivity contribution is 6.13. The van der Waals surface area contributed by atoms with E-state index in [1.165, 1.54) is 5.56 Å². The third-order valence-corrected chi connectivity index (χ3v) is 5.73. The van der Waals surface area contributed by atoms with Crippen molar-refractivity contribution in [2.75, 3.05) is 14.2 Å². The van der Waals surface area contributed by atoms with Crippen molar-refractivity contribution in [1.82, 2.24) is 4.98 Å². The van der Waals surface area contributed by atoms with Gasteiger partial charge in [-0.05, 0) is 49.3 Å². The SMILES string of the molecule is COc1cccc(/C=C/C(=O)c2c(C)nc3ccccc3c2/C=C/c2ccc(C)cc2)c1OC.